The molecule has 0 aliphatic heterocycles. The number of aromatic nitrogens is 1. The van der Waals surface area contributed by atoms with Crippen LogP contribution in [-0.2, 0) is 6.42 Å². The lowest BCUT2D eigenvalue weighted by atomic mass is 10.1. The van der Waals surface area contributed by atoms with Gasteiger partial charge in [0.1, 0.15) is 0 Å². The topological polar surface area (TPSA) is 25.0 Å². The number of H-pyrrole nitrogens is 1. The third-order valence-corrected chi connectivity index (χ3v) is 2.88. The van der Waals surface area contributed by atoms with Gasteiger partial charge < -0.3 is 4.98 Å². The van der Waals surface area contributed by atoms with Crippen LogP contribution in [-0.4, -0.2) is 10.9 Å². The number of aryl methyl sites for hydroxylation is 1. The van der Waals surface area contributed by atoms with Crippen LogP contribution in [0.5, 0.6) is 5.75 Å². The van der Waals surface area contributed by atoms with Gasteiger partial charge in [-0.3, -0.25) is 4.94 Å². The molecule has 4 heteroatoms. The average molecular weight is 242 g/mol. The molecule has 0 unspecified atom stereocenters. The zero-order valence-electron chi connectivity index (χ0n) is 8.80. The van der Waals surface area contributed by atoms with Gasteiger partial charge in [0.2, 0.25) is 0 Å². The first kappa shape index (κ1) is 11.3. The Morgan fingerprint density at radius 1 is 1.31 bits per heavy atom. The van der Waals surface area contributed by atoms with Crippen LogP contribution in [0.25, 0.3) is 10.9 Å². The predicted molar refractivity (Wildman–Crippen MR) is 63.7 cm³/mol. The summed E-state index contributed by atoms with van der Waals surface area (Å²) in [6.07, 6.45) is 4.64. The lowest BCUT2D eigenvalue weighted by Crippen LogP contribution is -1.89. The first-order valence-electron chi connectivity index (χ1n) is 5.29. The molecule has 0 aliphatic rings. The summed E-state index contributed by atoms with van der Waals surface area (Å²) in [5, 5.41) is 0.969. The summed E-state index contributed by atoms with van der Waals surface area (Å²) in [6, 6.07) is 5.68. The van der Waals surface area contributed by atoms with Crippen molar-refractivity contribution < 1.29 is 9.47 Å². The van der Waals surface area contributed by atoms with Crippen LogP contribution in [0.1, 0.15) is 18.4 Å². The minimum Gasteiger partial charge on any atom is -0.358 e. The van der Waals surface area contributed by atoms with Crippen LogP contribution >= 0.6 is 11.6 Å². The minimum absolute atomic E-state index is 0.253. The van der Waals surface area contributed by atoms with E-state index < -0.39 is 0 Å². The van der Waals surface area contributed by atoms with E-state index in [1.165, 1.54) is 0 Å². The first-order valence-corrected chi connectivity index (χ1v) is 5.83. The van der Waals surface area contributed by atoms with Crippen molar-refractivity contribution in [2.24, 2.45) is 0 Å². The molecule has 1 heterocycles. The van der Waals surface area contributed by atoms with Gasteiger partial charge in [-0.05, 0) is 43.0 Å². The molecule has 1 N–H and O–H groups in total. The Morgan fingerprint density at radius 3 is 2.94 bits per heavy atom. The van der Waals surface area contributed by atoms with Crippen molar-refractivity contribution in [3.63, 3.8) is 0 Å². The second kappa shape index (κ2) is 5.21. The lowest BCUT2D eigenvalue weighted by Gasteiger charge is -2.03. The van der Waals surface area contributed by atoms with Crippen molar-refractivity contribution in [3.05, 3.63) is 30.0 Å². The summed E-state index contributed by atoms with van der Waals surface area (Å²) in [5.41, 5.74) is 1.77. The molecular formula is C12H13ClFNO. The monoisotopic (exact) mass is 241 g/mol. The molecule has 2 rings (SSSR count). The van der Waals surface area contributed by atoms with Crippen LogP contribution in [0.3, 0.4) is 0 Å². The van der Waals surface area contributed by atoms with E-state index in [0.29, 0.717) is 11.4 Å². The summed E-state index contributed by atoms with van der Waals surface area (Å²) in [6.45, 7) is 0. The molecule has 0 bridgehead atoms. The number of hydrogen-bond acceptors (Lipinski definition) is 1. The van der Waals surface area contributed by atoms with Gasteiger partial charge in [-0.2, -0.15) is 0 Å². The van der Waals surface area contributed by atoms with Crippen molar-refractivity contribution in [2.45, 2.75) is 19.3 Å². The number of nitrogens with one attached hydrogen (secondary N) is 1. The fourth-order valence-electron chi connectivity index (χ4n) is 1.83. The molecule has 1 aromatic heterocycles. The Labute approximate surface area is 98.3 Å². The van der Waals surface area contributed by atoms with E-state index in [-0.39, 0.29) is 5.75 Å². The summed E-state index contributed by atoms with van der Waals surface area (Å²) in [5.74, 6) is 0.919. The first-order chi connectivity index (χ1) is 7.85. The molecule has 0 amide bonds. The zero-order valence-corrected chi connectivity index (χ0v) is 9.56. The van der Waals surface area contributed by atoms with Gasteiger partial charge in [-0.25, -0.2) is 0 Å². The molecule has 0 aliphatic carbocycles. The van der Waals surface area contributed by atoms with Crippen LogP contribution in [0.4, 0.5) is 4.53 Å². The van der Waals surface area contributed by atoms with Crippen molar-refractivity contribution in [1.82, 2.24) is 4.98 Å². The maximum absolute atomic E-state index is 12.4. The van der Waals surface area contributed by atoms with E-state index in [1.807, 2.05) is 12.1 Å². The summed E-state index contributed by atoms with van der Waals surface area (Å²) < 4.78 is 12.4. The van der Waals surface area contributed by atoms with Gasteiger partial charge in [0.05, 0.1) is 5.52 Å². The molecule has 0 saturated heterocycles. The minimum atomic E-state index is 0.253. The Bertz CT molecular complexity index is 469. The van der Waals surface area contributed by atoms with Crippen LogP contribution in [0.15, 0.2) is 24.4 Å². The normalized spacial score (nSPS) is 10.9. The number of alkyl halides is 1. The van der Waals surface area contributed by atoms with Gasteiger partial charge in [0.25, 0.3) is 0 Å². The average Bonchev–Trinajstić information content (AvgIpc) is 2.76. The van der Waals surface area contributed by atoms with E-state index in [1.54, 1.807) is 12.3 Å². The molecule has 2 nitrogen and oxygen atoms in total. The molecule has 1 aromatic carbocycles. The molecule has 86 valence electrons. The fraction of sp³-hybridized carbons (Fsp3) is 0.333. The van der Waals surface area contributed by atoms with E-state index in [9.17, 15) is 4.53 Å². The highest BCUT2D eigenvalue weighted by Gasteiger charge is 2.07. The molecule has 0 fully saturated rings. The number of benzene rings is 1. The second-order valence-electron chi connectivity index (χ2n) is 3.76. The Kier molecular flexibility index (Phi) is 3.67. The van der Waals surface area contributed by atoms with Gasteiger partial charge >= 0.3 is 0 Å². The van der Waals surface area contributed by atoms with Crippen molar-refractivity contribution in [1.29, 1.82) is 0 Å². The maximum Gasteiger partial charge on any atom is 0.196 e. The Hall–Kier alpha value is -1.22. The van der Waals surface area contributed by atoms with Crippen LogP contribution in [0, 0.1) is 0 Å². The van der Waals surface area contributed by atoms with E-state index >= 15 is 0 Å². The van der Waals surface area contributed by atoms with Crippen molar-refractivity contribution in [2.75, 3.05) is 5.88 Å². The van der Waals surface area contributed by atoms with Crippen molar-refractivity contribution >= 4 is 22.5 Å². The second-order valence-corrected chi connectivity index (χ2v) is 4.14. The third kappa shape index (κ3) is 2.30. The predicted octanol–water partition coefficient (Wildman–Crippen LogP) is 3.99. The third-order valence-electron chi connectivity index (χ3n) is 2.62. The van der Waals surface area contributed by atoms with Crippen LogP contribution in [0.2, 0.25) is 0 Å². The van der Waals surface area contributed by atoms with Crippen molar-refractivity contribution in [3.8, 4) is 5.75 Å². The maximum atomic E-state index is 12.4. The van der Waals surface area contributed by atoms with Gasteiger partial charge in [0.15, 0.2) is 5.75 Å². The lowest BCUT2D eigenvalue weighted by molar-refractivity contribution is -0.00452. The molecule has 0 atom stereocenters. The molecule has 0 saturated carbocycles. The van der Waals surface area contributed by atoms with Gasteiger partial charge in [-0.15, -0.1) is 11.6 Å². The zero-order chi connectivity index (χ0) is 11.4. The molecule has 2 aromatic rings. The molecular weight excluding hydrogens is 229 g/mol. The molecule has 0 radical (unpaired) electrons. The highest BCUT2D eigenvalue weighted by molar-refractivity contribution is 6.17. The quantitative estimate of drug-likeness (QED) is 0.621. The summed E-state index contributed by atoms with van der Waals surface area (Å²) in [4.78, 5) is 6.82. The highest BCUT2D eigenvalue weighted by atomic mass is 35.5. The number of aromatic amines is 1. The van der Waals surface area contributed by atoms with Gasteiger partial charge in [-0.1, -0.05) is 0 Å². The smallest absolute Gasteiger partial charge is 0.196 e. The molecule has 16 heavy (non-hydrogen) atoms. The number of fused-ring (bicyclic) bond motifs is 1. The molecule has 0 spiro atoms. The van der Waals surface area contributed by atoms with Crippen LogP contribution < -0.4 is 4.94 Å². The van der Waals surface area contributed by atoms with E-state index in [4.69, 9.17) is 11.6 Å². The standard InChI is InChI=1S/C12H13ClFNO/c13-5-2-1-3-9-7-10-4-6-15-12(10)11(8-9)16-14/h4,6-8,15H,1-3,5H2. The van der Waals surface area contributed by atoms with Gasteiger partial charge in [0, 0.05) is 22.0 Å². The summed E-state index contributed by atoms with van der Waals surface area (Å²) >= 11 is 5.61. The summed E-state index contributed by atoms with van der Waals surface area (Å²) in [7, 11) is 0. The van der Waals surface area contributed by atoms with E-state index in [0.717, 1.165) is 30.2 Å². The fourth-order valence-corrected chi connectivity index (χ4v) is 2.01. The Balaban J connectivity index is 2.25. The SMILES string of the molecule is FOc1cc(CCCCCl)cc2cc[nH]c12. The highest BCUT2D eigenvalue weighted by Crippen LogP contribution is 2.27. The number of unbranched alkanes of at least 4 members (excludes halogenated alkanes) is 1. The largest absolute Gasteiger partial charge is 0.358 e. The van der Waals surface area contributed by atoms with E-state index in [2.05, 4.69) is 9.93 Å². The number of rotatable bonds is 5. The number of hydrogen-bond donors (Lipinski definition) is 1. The Morgan fingerprint density at radius 2 is 2.19 bits per heavy atom. The number of halogens is 2.